The quantitative estimate of drug-likeness (QED) is 0.829. The van der Waals surface area contributed by atoms with Crippen LogP contribution in [0.4, 0.5) is 0 Å². The molecule has 1 unspecified atom stereocenters. The molecule has 2 aliphatic rings. The molecule has 0 saturated carbocycles. The summed E-state index contributed by atoms with van der Waals surface area (Å²) in [6.45, 7) is 3.52. The van der Waals surface area contributed by atoms with E-state index in [4.69, 9.17) is 0 Å². The number of hydrogen-bond donors (Lipinski definition) is 2. The van der Waals surface area contributed by atoms with E-state index >= 15 is 0 Å². The summed E-state index contributed by atoms with van der Waals surface area (Å²) in [6.07, 6.45) is 6.32. The van der Waals surface area contributed by atoms with Crippen molar-refractivity contribution >= 4 is 30.7 Å². The van der Waals surface area contributed by atoms with Gasteiger partial charge in [-0.15, -0.1) is 24.8 Å². The molecule has 0 bridgehead atoms. The van der Waals surface area contributed by atoms with Crippen molar-refractivity contribution in [3.05, 3.63) is 18.0 Å². The third-order valence-corrected chi connectivity index (χ3v) is 4.89. The van der Waals surface area contributed by atoms with Crippen molar-refractivity contribution in [2.45, 2.75) is 24.8 Å². The van der Waals surface area contributed by atoms with Crippen LogP contribution in [0.1, 0.15) is 24.3 Å². The lowest BCUT2D eigenvalue weighted by Gasteiger charge is -2.22. The van der Waals surface area contributed by atoms with Crippen molar-refractivity contribution in [3.63, 3.8) is 0 Å². The second-order valence-electron chi connectivity index (χ2n) is 6.34. The molecule has 3 rings (SSSR count). The van der Waals surface area contributed by atoms with Gasteiger partial charge in [-0.25, -0.2) is 0 Å². The molecule has 0 spiro atoms. The zero-order chi connectivity index (χ0) is 14.8. The Labute approximate surface area is 150 Å². The number of likely N-dealkylation sites (N-methyl/N-ethyl adjacent to an activating group) is 1. The maximum atomic E-state index is 12.5. The number of hydrogen-bond acceptors (Lipinski definition) is 4. The fourth-order valence-corrected chi connectivity index (χ4v) is 3.52. The number of aromatic nitrogens is 2. The van der Waals surface area contributed by atoms with Crippen molar-refractivity contribution in [1.29, 1.82) is 0 Å². The molecule has 8 heteroatoms. The Morgan fingerprint density at radius 1 is 1.39 bits per heavy atom. The van der Waals surface area contributed by atoms with Gasteiger partial charge in [-0.2, -0.15) is 5.10 Å². The molecule has 1 aromatic heterocycles. The van der Waals surface area contributed by atoms with Crippen LogP contribution in [0.25, 0.3) is 0 Å². The van der Waals surface area contributed by atoms with Crippen molar-refractivity contribution < 1.29 is 4.79 Å². The number of nitrogens with one attached hydrogen (secondary N) is 2. The smallest absolute Gasteiger partial charge is 0.225 e. The van der Waals surface area contributed by atoms with Crippen LogP contribution in [0.3, 0.4) is 0 Å². The minimum absolute atomic E-state index is 0. The highest BCUT2D eigenvalue weighted by atomic mass is 35.5. The van der Waals surface area contributed by atoms with Gasteiger partial charge in [-0.05, 0) is 32.0 Å². The average Bonchev–Trinajstić information content (AvgIpc) is 3.16. The number of likely N-dealkylation sites (tertiary alicyclic amines) is 1. The van der Waals surface area contributed by atoms with Crippen LogP contribution in [0.5, 0.6) is 0 Å². The summed E-state index contributed by atoms with van der Waals surface area (Å²) in [6, 6.07) is 0.500. The van der Waals surface area contributed by atoms with E-state index in [0.29, 0.717) is 6.04 Å². The highest BCUT2D eigenvalue weighted by molar-refractivity contribution is 5.85. The first-order valence-electron chi connectivity index (χ1n) is 7.82. The van der Waals surface area contributed by atoms with Crippen molar-refractivity contribution in [1.82, 2.24) is 25.3 Å². The van der Waals surface area contributed by atoms with Gasteiger partial charge in [-0.3, -0.25) is 9.48 Å². The van der Waals surface area contributed by atoms with Gasteiger partial charge >= 0.3 is 0 Å². The zero-order valence-corrected chi connectivity index (χ0v) is 15.3. The molecule has 2 aliphatic heterocycles. The average molecular weight is 364 g/mol. The fraction of sp³-hybridized carbons (Fsp3) is 0.733. The van der Waals surface area contributed by atoms with Crippen LogP contribution in [-0.4, -0.2) is 59.9 Å². The van der Waals surface area contributed by atoms with Gasteiger partial charge in [0, 0.05) is 44.8 Å². The monoisotopic (exact) mass is 363 g/mol. The highest BCUT2D eigenvalue weighted by Crippen LogP contribution is 2.28. The molecule has 0 aliphatic carbocycles. The van der Waals surface area contributed by atoms with E-state index in [-0.39, 0.29) is 42.6 Å². The van der Waals surface area contributed by atoms with Crippen molar-refractivity contribution in [3.8, 4) is 0 Å². The molecule has 23 heavy (non-hydrogen) atoms. The third kappa shape index (κ3) is 4.59. The Morgan fingerprint density at radius 3 is 2.78 bits per heavy atom. The molecule has 1 amide bonds. The highest BCUT2D eigenvalue weighted by Gasteiger charge is 2.35. The Morgan fingerprint density at radius 2 is 2.17 bits per heavy atom. The van der Waals surface area contributed by atoms with Crippen LogP contribution >= 0.6 is 24.8 Å². The van der Waals surface area contributed by atoms with E-state index in [9.17, 15) is 4.79 Å². The van der Waals surface area contributed by atoms with E-state index < -0.39 is 0 Å². The van der Waals surface area contributed by atoms with E-state index in [1.165, 1.54) is 12.8 Å². The minimum atomic E-state index is 0. The third-order valence-electron chi connectivity index (χ3n) is 4.89. The number of aryl methyl sites for hydroxylation is 1. The number of nitrogens with zero attached hydrogens (tertiary/aromatic N) is 3. The second kappa shape index (κ2) is 8.87. The molecule has 6 nitrogen and oxygen atoms in total. The van der Waals surface area contributed by atoms with E-state index in [2.05, 4.69) is 27.7 Å². The van der Waals surface area contributed by atoms with Gasteiger partial charge in [0.1, 0.15) is 0 Å². The van der Waals surface area contributed by atoms with Crippen molar-refractivity contribution in [2.75, 3.05) is 33.2 Å². The van der Waals surface area contributed by atoms with Crippen LogP contribution in [0, 0.1) is 5.92 Å². The normalized spacial score (nSPS) is 27.3. The summed E-state index contributed by atoms with van der Waals surface area (Å²) >= 11 is 0. The Balaban J connectivity index is 0.00000132. The molecule has 0 aromatic carbocycles. The van der Waals surface area contributed by atoms with Gasteiger partial charge in [0.15, 0.2) is 0 Å². The number of carbonyl (C=O) groups is 1. The summed E-state index contributed by atoms with van der Waals surface area (Å²) in [7, 11) is 4.05. The van der Waals surface area contributed by atoms with Crippen LogP contribution in [0.2, 0.25) is 0 Å². The maximum Gasteiger partial charge on any atom is 0.225 e. The predicted octanol–water partition coefficient (Wildman–Crippen LogP) is 0.777. The first-order valence-corrected chi connectivity index (χ1v) is 7.82. The summed E-state index contributed by atoms with van der Waals surface area (Å²) in [5.41, 5.74) is 1.15. The van der Waals surface area contributed by atoms with E-state index in [1.54, 1.807) is 4.68 Å². The van der Waals surface area contributed by atoms with Crippen LogP contribution in [0.15, 0.2) is 12.4 Å². The van der Waals surface area contributed by atoms with Gasteiger partial charge in [-0.1, -0.05) is 0 Å². The Hall–Kier alpha value is -0.820. The molecular formula is C15H27Cl2N5O. The summed E-state index contributed by atoms with van der Waals surface area (Å²) in [5, 5.41) is 10.7. The standard InChI is InChI=1S/C15H25N5O.2ClH/c1-19-5-3-4-12(19)7-17-15(21)14-9-16-8-13(14)11-6-18-20(2)10-11;;/h6,10,12-14,16H,3-5,7-9H2,1-2H3,(H,17,21);2*1H/t12?,13-,14+;;/m1../s1. The van der Waals surface area contributed by atoms with Gasteiger partial charge in [0.25, 0.3) is 0 Å². The molecule has 2 N–H and O–H groups in total. The largest absolute Gasteiger partial charge is 0.354 e. The summed E-state index contributed by atoms with van der Waals surface area (Å²) in [4.78, 5) is 14.8. The van der Waals surface area contributed by atoms with Crippen molar-refractivity contribution in [2.24, 2.45) is 13.0 Å². The first-order chi connectivity index (χ1) is 10.1. The molecule has 2 fully saturated rings. The number of halogens is 2. The molecule has 1 aromatic rings. The molecular weight excluding hydrogens is 337 g/mol. The maximum absolute atomic E-state index is 12.5. The zero-order valence-electron chi connectivity index (χ0n) is 13.7. The van der Waals surface area contributed by atoms with Gasteiger partial charge in [0.05, 0.1) is 12.1 Å². The van der Waals surface area contributed by atoms with Crippen LogP contribution in [-0.2, 0) is 11.8 Å². The minimum Gasteiger partial charge on any atom is -0.354 e. The predicted molar refractivity (Wildman–Crippen MR) is 95.5 cm³/mol. The second-order valence-corrected chi connectivity index (χ2v) is 6.34. The molecule has 3 heterocycles. The SMILES string of the molecule is CN1CCCC1CNC(=O)[C@H]1CNC[C@@H]1c1cnn(C)c1.Cl.Cl. The summed E-state index contributed by atoms with van der Waals surface area (Å²) < 4.78 is 1.80. The van der Waals surface area contributed by atoms with Gasteiger partial charge in [0.2, 0.25) is 5.91 Å². The lowest BCUT2D eigenvalue weighted by Crippen LogP contribution is -2.42. The number of carbonyl (C=O) groups excluding carboxylic acids is 1. The Kier molecular flexibility index (Phi) is 7.80. The van der Waals surface area contributed by atoms with Gasteiger partial charge < -0.3 is 15.5 Å². The molecule has 3 atom stereocenters. The first kappa shape index (κ1) is 20.2. The number of amides is 1. The molecule has 0 radical (unpaired) electrons. The molecule has 132 valence electrons. The fourth-order valence-electron chi connectivity index (χ4n) is 3.52. The van der Waals surface area contributed by atoms with E-state index in [1.807, 2.05) is 19.4 Å². The van der Waals surface area contributed by atoms with E-state index in [0.717, 1.165) is 31.7 Å². The summed E-state index contributed by atoms with van der Waals surface area (Å²) in [5.74, 6) is 0.426. The van der Waals surface area contributed by atoms with Crippen LogP contribution < -0.4 is 10.6 Å². The molecule has 2 saturated heterocycles. The topological polar surface area (TPSA) is 62.2 Å². The number of rotatable bonds is 4. The lowest BCUT2D eigenvalue weighted by atomic mass is 9.90. The lowest BCUT2D eigenvalue weighted by molar-refractivity contribution is -0.125. The Bertz CT molecular complexity index is 510.